The zero-order chi connectivity index (χ0) is 14.0. The van der Waals surface area contributed by atoms with Gasteiger partial charge in [-0.15, -0.1) is 0 Å². The highest BCUT2D eigenvalue weighted by Crippen LogP contribution is 2.27. The van der Waals surface area contributed by atoms with E-state index in [1.165, 1.54) is 12.1 Å². The Morgan fingerprint density at radius 1 is 0.895 bits per heavy atom. The largest absolute Gasteiger partial charge is 0.271 e. The summed E-state index contributed by atoms with van der Waals surface area (Å²) in [7, 11) is 0. The highest BCUT2D eigenvalue weighted by molar-refractivity contribution is 5.34. The molecule has 0 aliphatic rings. The Labute approximate surface area is 106 Å². The van der Waals surface area contributed by atoms with Crippen molar-refractivity contribution in [3.63, 3.8) is 0 Å². The highest BCUT2D eigenvalue weighted by Gasteiger charge is 2.21. The second-order valence-electron chi connectivity index (χ2n) is 3.91. The molecule has 0 saturated heterocycles. The normalized spacial score (nSPS) is 12.5. The molecule has 0 spiro atoms. The molecule has 2 rings (SSSR count). The topological polar surface area (TPSA) is 38.0 Å². The van der Waals surface area contributed by atoms with Gasteiger partial charge in [0.1, 0.15) is 11.6 Å². The van der Waals surface area contributed by atoms with Gasteiger partial charge >= 0.3 is 0 Å². The molecule has 0 aliphatic carbocycles. The maximum Gasteiger partial charge on any atom is 0.163 e. The van der Waals surface area contributed by atoms with Crippen LogP contribution in [0.25, 0.3) is 0 Å². The fourth-order valence-electron chi connectivity index (χ4n) is 1.83. The van der Waals surface area contributed by atoms with Crippen LogP contribution < -0.4 is 11.3 Å². The summed E-state index contributed by atoms with van der Waals surface area (Å²) in [6.45, 7) is 0. The molecule has 0 aliphatic heterocycles. The maximum atomic E-state index is 13.7. The van der Waals surface area contributed by atoms with Gasteiger partial charge in [0.05, 0.1) is 6.04 Å². The van der Waals surface area contributed by atoms with Gasteiger partial charge in [-0.25, -0.2) is 23.0 Å². The lowest BCUT2D eigenvalue weighted by atomic mass is 9.98. The average Bonchev–Trinajstić information content (AvgIpc) is 2.37. The van der Waals surface area contributed by atoms with Crippen LogP contribution in [-0.2, 0) is 0 Å². The van der Waals surface area contributed by atoms with Crippen molar-refractivity contribution < 1.29 is 17.6 Å². The Kier molecular flexibility index (Phi) is 3.82. The van der Waals surface area contributed by atoms with Crippen LogP contribution in [0.5, 0.6) is 0 Å². The molecule has 0 saturated carbocycles. The summed E-state index contributed by atoms with van der Waals surface area (Å²) in [5.41, 5.74) is 1.96. The number of halogens is 4. The summed E-state index contributed by atoms with van der Waals surface area (Å²) in [6.07, 6.45) is 0. The van der Waals surface area contributed by atoms with E-state index < -0.39 is 29.3 Å². The summed E-state index contributed by atoms with van der Waals surface area (Å²) >= 11 is 0. The Morgan fingerprint density at radius 2 is 1.63 bits per heavy atom. The van der Waals surface area contributed by atoms with Crippen LogP contribution >= 0.6 is 0 Å². The summed E-state index contributed by atoms with van der Waals surface area (Å²) in [5.74, 6) is 1.40. The van der Waals surface area contributed by atoms with Crippen molar-refractivity contribution in [1.29, 1.82) is 0 Å². The molecular weight excluding hydrogens is 260 g/mol. The first kappa shape index (κ1) is 13.5. The quantitative estimate of drug-likeness (QED) is 0.511. The van der Waals surface area contributed by atoms with Gasteiger partial charge in [0.15, 0.2) is 11.6 Å². The van der Waals surface area contributed by atoms with Gasteiger partial charge < -0.3 is 0 Å². The maximum absolute atomic E-state index is 13.7. The SMILES string of the molecule is NNC(c1ccc(F)cc1F)c1cccc(F)c1F. The molecule has 1 atom stereocenters. The Balaban J connectivity index is 2.53. The molecule has 0 aromatic heterocycles. The Hall–Kier alpha value is -1.92. The molecule has 19 heavy (non-hydrogen) atoms. The monoisotopic (exact) mass is 270 g/mol. The van der Waals surface area contributed by atoms with Crippen molar-refractivity contribution in [2.75, 3.05) is 0 Å². The first-order valence-electron chi connectivity index (χ1n) is 5.39. The van der Waals surface area contributed by atoms with Crippen molar-refractivity contribution in [3.8, 4) is 0 Å². The van der Waals surface area contributed by atoms with Crippen molar-refractivity contribution in [2.24, 2.45) is 5.84 Å². The van der Waals surface area contributed by atoms with E-state index in [-0.39, 0.29) is 11.1 Å². The molecule has 0 radical (unpaired) electrons. The highest BCUT2D eigenvalue weighted by atomic mass is 19.2. The van der Waals surface area contributed by atoms with Crippen LogP contribution in [-0.4, -0.2) is 0 Å². The molecule has 2 nitrogen and oxygen atoms in total. The standard InChI is InChI=1S/C13H10F4N2/c14-7-4-5-8(11(16)6-7)13(19-18)9-2-1-3-10(15)12(9)17/h1-6,13,19H,18H2. The van der Waals surface area contributed by atoms with E-state index in [0.29, 0.717) is 6.07 Å². The lowest BCUT2D eigenvalue weighted by molar-refractivity contribution is 0.476. The van der Waals surface area contributed by atoms with Gasteiger partial charge in [0, 0.05) is 17.2 Å². The number of rotatable bonds is 3. The van der Waals surface area contributed by atoms with Crippen LogP contribution in [0.3, 0.4) is 0 Å². The molecule has 3 N–H and O–H groups in total. The number of nitrogens with two attached hydrogens (primary N) is 1. The smallest absolute Gasteiger partial charge is 0.163 e. The summed E-state index contributed by atoms with van der Waals surface area (Å²) in [5, 5.41) is 0. The minimum Gasteiger partial charge on any atom is -0.271 e. The predicted molar refractivity (Wildman–Crippen MR) is 61.9 cm³/mol. The second kappa shape index (κ2) is 5.38. The number of hydrazine groups is 1. The van der Waals surface area contributed by atoms with Gasteiger partial charge in [-0.2, -0.15) is 0 Å². The minimum absolute atomic E-state index is 0.0756. The molecule has 0 amide bonds. The van der Waals surface area contributed by atoms with E-state index in [2.05, 4.69) is 5.43 Å². The first-order chi connectivity index (χ1) is 9.04. The molecule has 6 heteroatoms. The molecule has 100 valence electrons. The van der Waals surface area contributed by atoms with Crippen LogP contribution in [0, 0.1) is 23.3 Å². The van der Waals surface area contributed by atoms with Gasteiger partial charge in [-0.1, -0.05) is 18.2 Å². The molecule has 0 heterocycles. The number of hydrogen-bond donors (Lipinski definition) is 2. The number of nitrogens with one attached hydrogen (secondary N) is 1. The summed E-state index contributed by atoms with van der Waals surface area (Å²) in [6, 6.07) is 5.16. The van der Waals surface area contributed by atoms with E-state index >= 15 is 0 Å². The van der Waals surface area contributed by atoms with Gasteiger partial charge in [-0.05, 0) is 12.1 Å². The molecule has 0 bridgehead atoms. The van der Waals surface area contributed by atoms with Crippen molar-refractivity contribution in [1.82, 2.24) is 5.43 Å². The third kappa shape index (κ3) is 2.59. The third-order valence-corrected chi connectivity index (χ3v) is 2.73. The minimum atomic E-state index is -1.13. The first-order valence-corrected chi connectivity index (χ1v) is 5.39. The van der Waals surface area contributed by atoms with Gasteiger partial charge in [-0.3, -0.25) is 5.84 Å². The molecule has 2 aromatic rings. The van der Waals surface area contributed by atoms with Crippen molar-refractivity contribution >= 4 is 0 Å². The fourth-order valence-corrected chi connectivity index (χ4v) is 1.83. The van der Waals surface area contributed by atoms with Crippen molar-refractivity contribution in [3.05, 3.63) is 70.8 Å². The van der Waals surface area contributed by atoms with Crippen LogP contribution in [0.4, 0.5) is 17.6 Å². The van der Waals surface area contributed by atoms with E-state index in [4.69, 9.17) is 5.84 Å². The van der Waals surface area contributed by atoms with Crippen LogP contribution in [0.1, 0.15) is 17.2 Å². The Bertz CT molecular complexity index is 601. The number of hydrogen-bond acceptors (Lipinski definition) is 2. The zero-order valence-electron chi connectivity index (χ0n) is 9.63. The predicted octanol–water partition coefficient (Wildman–Crippen LogP) is 2.80. The molecule has 0 fully saturated rings. The van der Waals surface area contributed by atoms with E-state index in [0.717, 1.165) is 18.2 Å². The zero-order valence-corrected chi connectivity index (χ0v) is 9.63. The van der Waals surface area contributed by atoms with Gasteiger partial charge in [0.25, 0.3) is 0 Å². The van der Waals surface area contributed by atoms with E-state index in [9.17, 15) is 17.6 Å². The fraction of sp³-hybridized carbons (Fsp3) is 0.0769. The lowest BCUT2D eigenvalue weighted by Gasteiger charge is -2.18. The van der Waals surface area contributed by atoms with Crippen molar-refractivity contribution in [2.45, 2.75) is 6.04 Å². The van der Waals surface area contributed by atoms with Gasteiger partial charge in [0.2, 0.25) is 0 Å². The molecule has 2 aromatic carbocycles. The van der Waals surface area contributed by atoms with Crippen LogP contribution in [0.15, 0.2) is 36.4 Å². The number of benzene rings is 2. The average molecular weight is 270 g/mol. The lowest BCUT2D eigenvalue weighted by Crippen LogP contribution is -2.30. The Morgan fingerprint density at radius 3 is 2.26 bits per heavy atom. The van der Waals surface area contributed by atoms with E-state index in [1.807, 2.05) is 0 Å². The third-order valence-electron chi connectivity index (χ3n) is 2.73. The molecule has 1 unspecified atom stereocenters. The van der Waals surface area contributed by atoms with E-state index in [1.54, 1.807) is 0 Å². The molecular formula is C13H10F4N2. The summed E-state index contributed by atoms with van der Waals surface area (Å²) in [4.78, 5) is 0. The summed E-state index contributed by atoms with van der Waals surface area (Å²) < 4.78 is 53.3. The second-order valence-corrected chi connectivity index (χ2v) is 3.91. The van der Waals surface area contributed by atoms with Crippen LogP contribution in [0.2, 0.25) is 0 Å².